The highest BCUT2D eigenvalue weighted by Crippen LogP contribution is 2.31. The fourth-order valence-corrected chi connectivity index (χ4v) is 4.24. The second-order valence-electron chi connectivity index (χ2n) is 5.87. The van der Waals surface area contributed by atoms with Crippen molar-refractivity contribution in [1.82, 2.24) is 10.2 Å². The van der Waals surface area contributed by atoms with Gasteiger partial charge in [0.15, 0.2) is 5.17 Å². The first-order valence-electron chi connectivity index (χ1n) is 6.98. The first kappa shape index (κ1) is 12.8. The maximum Gasteiger partial charge on any atom is 0.157 e. The van der Waals surface area contributed by atoms with Crippen molar-refractivity contribution in [1.29, 1.82) is 0 Å². The van der Waals surface area contributed by atoms with Crippen molar-refractivity contribution in [2.75, 3.05) is 45.6 Å². The molecular weight excluding hydrogens is 246 g/mol. The summed E-state index contributed by atoms with van der Waals surface area (Å²) >= 11 is 1.90. The van der Waals surface area contributed by atoms with Crippen LogP contribution in [0.25, 0.3) is 0 Å². The van der Waals surface area contributed by atoms with Crippen molar-refractivity contribution < 1.29 is 4.74 Å². The molecule has 5 heteroatoms. The molecule has 3 aliphatic rings. The lowest BCUT2D eigenvalue weighted by Crippen LogP contribution is -2.48. The van der Waals surface area contributed by atoms with Gasteiger partial charge >= 0.3 is 0 Å². The lowest BCUT2D eigenvalue weighted by Gasteiger charge is -2.32. The van der Waals surface area contributed by atoms with E-state index in [0.29, 0.717) is 0 Å². The van der Waals surface area contributed by atoms with Gasteiger partial charge in [-0.2, -0.15) is 0 Å². The van der Waals surface area contributed by atoms with Gasteiger partial charge in [0.25, 0.3) is 0 Å². The molecule has 3 saturated heterocycles. The Morgan fingerprint density at radius 3 is 3.06 bits per heavy atom. The molecule has 3 heterocycles. The van der Waals surface area contributed by atoms with Gasteiger partial charge in [-0.1, -0.05) is 11.8 Å². The minimum absolute atomic E-state index is 0.286. The van der Waals surface area contributed by atoms with Crippen LogP contribution in [0.3, 0.4) is 0 Å². The summed E-state index contributed by atoms with van der Waals surface area (Å²) in [4.78, 5) is 7.19. The molecule has 4 nitrogen and oxygen atoms in total. The van der Waals surface area contributed by atoms with Gasteiger partial charge in [0.1, 0.15) is 0 Å². The molecule has 102 valence electrons. The third-order valence-corrected chi connectivity index (χ3v) is 5.49. The molecule has 0 amide bonds. The zero-order chi connectivity index (χ0) is 12.4. The van der Waals surface area contributed by atoms with E-state index in [4.69, 9.17) is 9.73 Å². The molecular formula is C13H23N3OS. The molecule has 3 aliphatic heterocycles. The second-order valence-corrected chi connectivity index (χ2v) is 6.83. The van der Waals surface area contributed by atoms with Crippen molar-refractivity contribution in [2.45, 2.75) is 24.8 Å². The molecule has 1 unspecified atom stereocenters. The highest BCUT2D eigenvalue weighted by Gasteiger charge is 2.38. The van der Waals surface area contributed by atoms with Gasteiger partial charge in [-0.05, 0) is 38.8 Å². The molecule has 0 aromatic heterocycles. The average Bonchev–Trinajstić information content (AvgIpc) is 2.96. The van der Waals surface area contributed by atoms with Gasteiger partial charge in [0.05, 0.1) is 5.54 Å². The highest BCUT2D eigenvalue weighted by molar-refractivity contribution is 8.14. The first-order valence-corrected chi connectivity index (χ1v) is 7.96. The Morgan fingerprint density at radius 1 is 1.50 bits per heavy atom. The summed E-state index contributed by atoms with van der Waals surface area (Å²) in [6, 6.07) is 0. The Bertz CT molecular complexity index is 328. The summed E-state index contributed by atoms with van der Waals surface area (Å²) in [6.07, 6.45) is 3.56. The van der Waals surface area contributed by atoms with Crippen LogP contribution in [0, 0.1) is 5.92 Å². The summed E-state index contributed by atoms with van der Waals surface area (Å²) in [5.41, 5.74) is 0.286. The summed E-state index contributed by atoms with van der Waals surface area (Å²) in [7, 11) is 2.20. The highest BCUT2D eigenvalue weighted by atomic mass is 32.2. The Balaban J connectivity index is 1.52. The number of thioether (sulfide) groups is 1. The number of ether oxygens (including phenoxy) is 1. The Hall–Kier alpha value is -0.260. The monoisotopic (exact) mass is 269 g/mol. The molecule has 3 rings (SSSR count). The van der Waals surface area contributed by atoms with Gasteiger partial charge in [0, 0.05) is 32.1 Å². The molecule has 1 atom stereocenters. The summed E-state index contributed by atoms with van der Waals surface area (Å²) < 4.78 is 5.45. The lowest BCUT2D eigenvalue weighted by atomic mass is 9.93. The van der Waals surface area contributed by atoms with E-state index in [-0.39, 0.29) is 5.54 Å². The lowest BCUT2D eigenvalue weighted by molar-refractivity contribution is 0.0555. The van der Waals surface area contributed by atoms with Crippen LogP contribution in [0.4, 0.5) is 0 Å². The van der Waals surface area contributed by atoms with E-state index in [2.05, 4.69) is 17.3 Å². The number of hydrogen-bond donors (Lipinski definition) is 1. The molecule has 0 aromatic rings. The Labute approximate surface area is 114 Å². The summed E-state index contributed by atoms with van der Waals surface area (Å²) in [5.74, 6) is 1.93. The van der Waals surface area contributed by atoms with Gasteiger partial charge in [-0.25, -0.2) is 0 Å². The van der Waals surface area contributed by atoms with Crippen LogP contribution in [0.5, 0.6) is 0 Å². The van der Waals surface area contributed by atoms with Crippen molar-refractivity contribution in [3.05, 3.63) is 0 Å². The zero-order valence-electron chi connectivity index (χ0n) is 11.2. The quantitative estimate of drug-likeness (QED) is 0.817. The molecule has 0 saturated carbocycles. The smallest absolute Gasteiger partial charge is 0.157 e. The molecule has 0 aromatic carbocycles. The molecule has 0 radical (unpaired) electrons. The Morgan fingerprint density at radius 2 is 2.33 bits per heavy atom. The van der Waals surface area contributed by atoms with E-state index in [1.165, 1.54) is 30.4 Å². The molecule has 1 spiro atoms. The van der Waals surface area contributed by atoms with E-state index in [1.807, 2.05) is 11.8 Å². The number of hydrogen-bond acceptors (Lipinski definition) is 4. The van der Waals surface area contributed by atoms with Crippen LogP contribution >= 0.6 is 11.8 Å². The van der Waals surface area contributed by atoms with E-state index >= 15 is 0 Å². The fourth-order valence-electron chi connectivity index (χ4n) is 3.01. The largest absolute Gasteiger partial charge is 0.381 e. The third kappa shape index (κ3) is 2.83. The van der Waals surface area contributed by atoms with Crippen LogP contribution in [0.15, 0.2) is 4.99 Å². The minimum atomic E-state index is 0.286. The van der Waals surface area contributed by atoms with Crippen molar-refractivity contribution in [3.63, 3.8) is 0 Å². The zero-order valence-corrected chi connectivity index (χ0v) is 12.0. The average molecular weight is 269 g/mol. The van der Waals surface area contributed by atoms with E-state index in [1.54, 1.807) is 0 Å². The minimum Gasteiger partial charge on any atom is -0.381 e. The maximum absolute atomic E-state index is 5.45. The standard InChI is InChI=1S/C13H23N3OS/c1-16-5-2-11(9-16)8-14-12-15-13(10-18-12)3-6-17-7-4-13/h11H,2-10H2,1H3,(H,14,15). The van der Waals surface area contributed by atoms with E-state index < -0.39 is 0 Å². The summed E-state index contributed by atoms with van der Waals surface area (Å²) in [6.45, 7) is 5.23. The number of nitrogens with one attached hydrogen (secondary N) is 1. The molecule has 1 N–H and O–H groups in total. The predicted molar refractivity (Wildman–Crippen MR) is 76.3 cm³/mol. The van der Waals surface area contributed by atoms with Gasteiger partial charge < -0.3 is 15.0 Å². The number of likely N-dealkylation sites (tertiary alicyclic amines) is 1. The normalized spacial score (nSPS) is 34.3. The number of amidine groups is 1. The summed E-state index contributed by atoms with van der Waals surface area (Å²) in [5, 5.41) is 4.83. The van der Waals surface area contributed by atoms with Crippen molar-refractivity contribution >= 4 is 16.9 Å². The molecule has 18 heavy (non-hydrogen) atoms. The van der Waals surface area contributed by atoms with Crippen LogP contribution in [0.2, 0.25) is 0 Å². The predicted octanol–water partition coefficient (Wildman–Crippen LogP) is 1.18. The van der Waals surface area contributed by atoms with Gasteiger partial charge in [0.2, 0.25) is 0 Å². The van der Waals surface area contributed by atoms with Crippen molar-refractivity contribution in [3.8, 4) is 0 Å². The number of aliphatic imine (C=N–C) groups is 1. The van der Waals surface area contributed by atoms with E-state index in [0.717, 1.165) is 38.5 Å². The van der Waals surface area contributed by atoms with Crippen LogP contribution < -0.4 is 5.32 Å². The number of nitrogens with zero attached hydrogens (tertiary/aromatic N) is 2. The fraction of sp³-hybridized carbons (Fsp3) is 0.923. The van der Waals surface area contributed by atoms with Gasteiger partial charge in [-0.3, -0.25) is 4.99 Å². The van der Waals surface area contributed by atoms with Crippen LogP contribution in [0.1, 0.15) is 19.3 Å². The molecule has 3 fully saturated rings. The molecule has 0 aliphatic carbocycles. The van der Waals surface area contributed by atoms with Gasteiger partial charge in [-0.15, -0.1) is 0 Å². The maximum atomic E-state index is 5.45. The second kappa shape index (κ2) is 5.39. The SMILES string of the molecule is CN1CCC(CN=C2NC3(CCOCC3)CS2)C1. The van der Waals surface area contributed by atoms with Crippen LogP contribution in [-0.2, 0) is 4.74 Å². The number of rotatable bonds is 2. The topological polar surface area (TPSA) is 36.9 Å². The van der Waals surface area contributed by atoms with E-state index in [9.17, 15) is 0 Å². The van der Waals surface area contributed by atoms with Crippen molar-refractivity contribution in [2.24, 2.45) is 10.9 Å². The first-order chi connectivity index (χ1) is 8.76. The third-order valence-electron chi connectivity index (χ3n) is 4.29. The van der Waals surface area contributed by atoms with Crippen LogP contribution in [-0.4, -0.2) is 61.3 Å². The molecule has 0 bridgehead atoms. The Kier molecular flexibility index (Phi) is 3.82.